The van der Waals surface area contributed by atoms with E-state index in [4.69, 9.17) is 9.84 Å². The molecule has 0 heterocycles. The van der Waals surface area contributed by atoms with Crippen molar-refractivity contribution in [2.45, 2.75) is 59.6 Å². The first-order valence-electron chi connectivity index (χ1n) is 6.87. The first-order chi connectivity index (χ1) is 8.73. The molecule has 5 heteroatoms. The van der Waals surface area contributed by atoms with Gasteiger partial charge < -0.3 is 15.2 Å². The summed E-state index contributed by atoms with van der Waals surface area (Å²) in [4.78, 5) is 22.5. The maximum atomic E-state index is 11.6. The predicted molar refractivity (Wildman–Crippen MR) is 73.9 cm³/mol. The Morgan fingerprint density at radius 3 is 2.16 bits per heavy atom. The summed E-state index contributed by atoms with van der Waals surface area (Å²) in [5.41, 5.74) is 0. The summed E-state index contributed by atoms with van der Waals surface area (Å²) < 4.78 is 5.52. The van der Waals surface area contributed by atoms with Gasteiger partial charge in [0.25, 0.3) is 0 Å². The molecule has 0 aliphatic rings. The lowest BCUT2D eigenvalue weighted by molar-refractivity contribution is -0.143. The highest BCUT2D eigenvalue weighted by Crippen LogP contribution is 2.08. The fraction of sp³-hybridized carbons (Fsp3) is 0.857. The van der Waals surface area contributed by atoms with E-state index in [9.17, 15) is 9.59 Å². The van der Waals surface area contributed by atoms with E-state index in [2.05, 4.69) is 19.2 Å². The van der Waals surface area contributed by atoms with E-state index in [1.54, 1.807) is 13.8 Å². The number of ether oxygens (including phenoxy) is 1. The summed E-state index contributed by atoms with van der Waals surface area (Å²) in [7, 11) is 0. The van der Waals surface area contributed by atoms with Crippen LogP contribution in [0.5, 0.6) is 0 Å². The molecule has 0 aliphatic carbocycles. The summed E-state index contributed by atoms with van der Waals surface area (Å²) in [6.07, 6.45) is 1.26. The van der Waals surface area contributed by atoms with Crippen LogP contribution in [0.4, 0.5) is 0 Å². The average molecular weight is 273 g/mol. The molecule has 0 bridgehead atoms. The molecular weight excluding hydrogens is 246 g/mol. The Bertz CT molecular complexity index is 289. The fourth-order valence-corrected chi connectivity index (χ4v) is 1.84. The third-order valence-corrected chi connectivity index (χ3v) is 2.78. The molecule has 0 aromatic carbocycles. The second-order valence-corrected chi connectivity index (χ2v) is 5.69. The summed E-state index contributed by atoms with van der Waals surface area (Å²) >= 11 is 0. The molecule has 0 aromatic rings. The van der Waals surface area contributed by atoms with Crippen LogP contribution in [0.25, 0.3) is 0 Å². The molecule has 5 nitrogen and oxygen atoms in total. The lowest BCUT2D eigenvalue weighted by atomic mass is 10.0. The summed E-state index contributed by atoms with van der Waals surface area (Å²) in [5, 5.41) is 11.5. The zero-order valence-corrected chi connectivity index (χ0v) is 12.6. The van der Waals surface area contributed by atoms with Crippen molar-refractivity contribution in [2.75, 3.05) is 6.61 Å². The van der Waals surface area contributed by atoms with E-state index in [0.29, 0.717) is 12.5 Å². The van der Waals surface area contributed by atoms with Crippen molar-refractivity contribution in [1.29, 1.82) is 0 Å². The Hall–Kier alpha value is -1.10. The van der Waals surface area contributed by atoms with Crippen LogP contribution in [0.2, 0.25) is 0 Å². The largest absolute Gasteiger partial charge is 0.480 e. The monoisotopic (exact) mass is 273 g/mol. The summed E-state index contributed by atoms with van der Waals surface area (Å²) in [6, 6.07) is -0.833. The molecule has 0 fully saturated rings. The first kappa shape index (κ1) is 17.9. The minimum Gasteiger partial charge on any atom is -0.480 e. The zero-order chi connectivity index (χ0) is 15.0. The average Bonchev–Trinajstić information content (AvgIpc) is 2.23. The Morgan fingerprint density at radius 2 is 1.74 bits per heavy atom. The van der Waals surface area contributed by atoms with Gasteiger partial charge in [0.05, 0.1) is 12.7 Å². The lowest BCUT2D eigenvalue weighted by Crippen LogP contribution is -2.44. The van der Waals surface area contributed by atoms with Gasteiger partial charge in [-0.1, -0.05) is 27.7 Å². The Kier molecular flexibility index (Phi) is 8.39. The van der Waals surface area contributed by atoms with Crippen LogP contribution in [0.3, 0.4) is 0 Å². The van der Waals surface area contributed by atoms with Gasteiger partial charge in [-0.3, -0.25) is 4.79 Å². The molecule has 0 saturated carbocycles. The number of amides is 1. The number of carboxylic acid groups (broad SMARTS) is 1. The number of hydrogen-bond acceptors (Lipinski definition) is 3. The van der Waals surface area contributed by atoms with Crippen molar-refractivity contribution < 1.29 is 19.4 Å². The molecule has 112 valence electrons. The van der Waals surface area contributed by atoms with Gasteiger partial charge in [0.15, 0.2) is 0 Å². The SMILES string of the molecule is CC(C)CC(C)OCCC(=O)N[C@H](C(=O)O)C(C)C. The van der Waals surface area contributed by atoms with Crippen LogP contribution in [-0.4, -0.2) is 35.7 Å². The van der Waals surface area contributed by atoms with E-state index in [-0.39, 0.29) is 24.3 Å². The Morgan fingerprint density at radius 1 is 1.16 bits per heavy atom. The van der Waals surface area contributed by atoms with Gasteiger partial charge in [0.1, 0.15) is 6.04 Å². The summed E-state index contributed by atoms with van der Waals surface area (Å²) in [6.45, 7) is 10.1. The Balaban J connectivity index is 3.95. The minimum atomic E-state index is -1.00. The number of carbonyl (C=O) groups is 2. The lowest BCUT2D eigenvalue weighted by Gasteiger charge is -2.18. The van der Waals surface area contributed by atoms with Gasteiger partial charge in [-0.05, 0) is 25.2 Å². The van der Waals surface area contributed by atoms with Gasteiger partial charge >= 0.3 is 5.97 Å². The molecule has 0 aliphatic heterocycles. The smallest absolute Gasteiger partial charge is 0.326 e. The second-order valence-electron chi connectivity index (χ2n) is 5.69. The van der Waals surface area contributed by atoms with Gasteiger partial charge in [-0.25, -0.2) is 4.79 Å². The van der Waals surface area contributed by atoms with E-state index < -0.39 is 12.0 Å². The van der Waals surface area contributed by atoms with Crippen LogP contribution < -0.4 is 5.32 Å². The highest BCUT2D eigenvalue weighted by molar-refractivity contribution is 5.83. The molecule has 2 N–H and O–H groups in total. The molecule has 0 aromatic heterocycles. The van der Waals surface area contributed by atoms with Crippen LogP contribution in [-0.2, 0) is 14.3 Å². The fourth-order valence-electron chi connectivity index (χ4n) is 1.84. The third kappa shape index (κ3) is 8.59. The second kappa shape index (κ2) is 8.91. The van der Waals surface area contributed by atoms with Crippen molar-refractivity contribution >= 4 is 11.9 Å². The maximum Gasteiger partial charge on any atom is 0.326 e. The van der Waals surface area contributed by atoms with Gasteiger partial charge in [-0.2, -0.15) is 0 Å². The van der Waals surface area contributed by atoms with Crippen molar-refractivity contribution in [3.8, 4) is 0 Å². The van der Waals surface area contributed by atoms with E-state index >= 15 is 0 Å². The topological polar surface area (TPSA) is 75.6 Å². The van der Waals surface area contributed by atoms with Crippen molar-refractivity contribution in [3.63, 3.8) is 0 Å². The highest BCUT2D eigenvalue weighted by atomic mass is 16.5. The quantitative estimate of drug-likeness (QED) is 0.674. The standard InChI is InChI=1S/C14H27NO4/c1-9(2)8-11(5)19-7-6-12(16)15-13(10(3)4)14(17)18/h9-11,13H,6-8H2,1-5H3,(H,15,16)(H,17,18)/t11?,13-/m0/s1. The molecular formula is C14H27NO4. The van der Waals surface area contributed by atoms with Crippen molar-refractivity contribution in [1.82, 2.24) is 5.32 Å². The first-order valence-corrected chi connectivity index (χ1v) is 6.87. The van der Waals surface area contributed by atoms with Gasteiger partial charge in [0, 0.05) is 6.42 Å². The van der Waals surface area contributed by atoms with E-state index in [0.717, 1.165) is 6.42 Å². The predicted octanol–water partition coefficient (Wildman–Crippen LogP) is 2.05. The van der Waals surface area contributed by atoms with Gasteiger partial charge in [-0.15, -0.1) is 0 Å². The Labute approximate surface area is 115 Å². The van der Waals surface area contributed by atoms with Crippen LogP contribution in [0, 0.1) is 11.8 Å². The highest BCUT2D eigenvalue weighted by Gasteiger charge is 2.23. The molecule has 0 radical (unpaired) electrons. The van der Waals surface area contributed by atoms with Crippen LogP contribution in [0.1, 0.15) is 47.5 Å². The number of rotatable bonds is 9. The van der Waals surface area contributed by atoms with Crippen molar-refractivity contribution in [2.24, 2.45) is 11.8 Å². The molecule has 0 saturated heterocycles. The molecule has 0 spiro atoms. The number of carbonyl (C=O) groups excluding carboxylic acids is 1. The van der Waals surface area contributed by atoms with E-state index in [1.807, 2.05) is 6.92 Å². The van der Waals surface area contributed by atoms with Gasteiger partial charge in [0.2, 0.25) is 5.91 Å². The molecule has 1 unspecified atom stereocenters. The molecule has 0 rings (SSSR count). The maximum absolute atomic E-state index is 11.6. The third-order valence-electron chi connectivity index (χ3n) is 2.78. The van der Waals surface area contributed by atoms with Crippen LogP contribution in [0.15, 0.2) is 0 Å². The summed E-state index contributed by atoms with van der Waals surface area (Å²) in [5.74, 6) is -0.862. The normalized spacial score (nSPS) is 14.5. The van der Waals surface area contributed by atoms with E-state index in [1.165, 1.54) is 0 Å². The van der Waals surface area contributed by atoms with Crippen molar-refractivity contribution in [3.05, 3.63) is 0 Å². The number of hydrogen-bond donors (Lipinski definition) is 2. The zero-order valence-electron chi connectivity index (χ0n) is 12.6. The molecule has 2 atom stereocenters. The molecule has 19 heavy (non-hydrogen) atoms. The number of nitrogens with one attached hydrogen (secondary N) is 1. The minimum absolute atomic E-state index is 0.119. The number of aliphatic carboxylic acids is 1. The molecule has 1 amide bonds. The van der Waals surface area contributed by atoms with Crippen LogP contribution >= 0.6 is 0 Å². The number of carboxylic acids is 1.